The predicted octanol–water partition coefficient (Wildman–Crippen LogP) is 4.49. The minimum Gasteiger partial charge on any atom is -0.297 e. The fourth-order valence-electron chi connectivity index (χ4n) is 1.39. The van der Waals surface area contributed by atoms with Gasteiger partial charge in [0.25, 0.3) is 5.91 Å². The van der Waals surface area contributed by atoms with E-state index in [0.29, 0.717) is 20.6 Å². The van der Waals surface area contributed by atoms with Gasteiger partial charge < -0.3 is 0 Å². The highest BCUT2D eigenvalue weighted by molar-refractivity contribution is 9.13. The molecule has 0 fully saturated rings. The van der Waals surface area contributed by atoms with Crippen LogP contribution in [0.2, 0.25) is 0 Å². The summed E-state index contributed by atoms with van der Waals surface area (Å²) < 4.78 is 1.69. The Morgan fingerprint density at radius 2 is 2.00 bits per heavy atom. The van der Waals surface area contributed by atoms with Crippen LogP contribution >= 0.6 is 54.5 Å². The lowest BCUT2D eigenvalue weighted by Gasteiger charge is -1.97. The van der Waals surface area contributed by atoms with E-state index in [-0.39, 0.29) is 11.7 Å². The second-order valence-electron chi connectivity index (χ2n) is 3.68. The molecule has 0 saturated carbocycles. The van der Waals surface area contributed by atoms with Gasteiger partial charge in [0.1, 0.15) is 0 Å². The van der Waals surface area contributed by atoms with Crippen LogP contribution in [0.3, 0.4) is 0 Å². The molecule has 0 spiro atoms. The molecule has 2 heterocycles. The number of thiazole rings is 1. The van der Waals surface area contributed by atoms with Crippen molar-refractivity contribution >= 4 is 71.4 Å². The van der Waals surface area contributed by atoms with Gasteiger partial charge in [0, 0.05) is 11.4 Å². The Hall–Kier alpha value is -0.570. The van der Waals surface area contributed by atoms with Gasteiger partial charge in [-0.25, -0.2) is 4.98 Å². The third-order valence-electron chi connectivity index (χ3n) is 2.21. The first kappa shape index (κ1) is 14.8. The van der Waals surface area contributed by atoms with Gasteiger partial charge in [0.2, 0.25) is 0 Å². The number of rotatable bonds is 3. The van der Waals surface area contributed by atoms with Gasteiger partial charge in [0.05, 0.1) is 19.2 Å². The number of nitrogens with zero attached hydrogens (tertiary/aromatic N) is 1. The van der Waals surface area contributed by atoms with Crippen molar-refractivity contribution in [1.82, 2.24) is 4.98 Å². The average Bonchev–Trinajstić information content (AvgIpc) is 2.83. The summed E-state index contributed by atoms with van der Waals surface area (Å²) >= 11 is 9.19. The summed E-state index contributed by atoms with van der Waals surface area (Å²) in [5, 5.41) is 3.14. The highest BCUT2D eigenvalue weighted by atomic mass is 79.9. The van der Waals surface area contributed by atoms with Crippen molar-refractivity contribution in [2.24, 2.45) is 0 Å². The maximum Gasteiger partial charge on any atom is 0.267 e. The SMILES string of the molecule is CC(=O)c1sc(NC(=O)c2cc(Br)c(Br)s2)nc1C. The highest BCUT2D eigenvalue weighted by Crippen LogP contribution is 2.33. The number of carbonyl (C=O) groups is 2. The largest absolute Gasteiger partial charge is 0.297 e. The molecule has 0 aliphatic carbocycles. The summed E-state index contributed by atoms with van der Waals surface area (Å²) in [4.78, 5) is 28.7. The monoisotopic (exact) mass is 422 g/mol. The first-order valence-corrected chi connectivity index (χ1v) is 8.35. The first-order chi connectivity index (χ1) is 8.88. The third kappa shape index (κ3) is 3.31. The minimum absolute atomic E-state index is 0.0443. The van der Waals surface area contributed by atoms with Crippen LogP contribution in [0.15, 0.2) is 14.3 Å². The molecule has 0 atom stereocenters. The summed E-state index contributed by atoms with van der Waals surface area (Å²) in [5.41, 5.74) is 0.640. The van der Waals surface area contributed by atoms with Gasteiger partial charge in [-0.2, -0.15) is 0 Å². The number of ketones is 1. The van der Waals surface area contributed by atoms with E-state index in [1.54, 1.807) is 13.0 Å². The normalized spacial score (nSPS) is 10.5. The molecule has 100 valence electrons. The number of hydrogen-bond donors (Lipinski definition) is 1. The molecule has 2 aromatic heterocycles. The number of nitrogens with one attached hydrogen (secondary N) is 1. The van der Waals surface area contributed by atoms with Crippen molar-refractivity contribution in [3.05, 3.63) is 29.8 Å². The zero-order chi connectivity index (χ0) is 14.2. The number of thiophene rings is 1. The van der Waals surface area contributed by atoms with Gasteiger partial charge in [-0.1, -0.05) is 11.3 Å². The number of anilines is 1. The highest BCUT2D eigenvalue weighted by Gasteiger charge is 2.16. The van der Waals surface area contributed by atoms with Crippen LogP contribution in [0.4, 0.5) is 5.13 Å². The fraction of sp³-hybridized carbons (Fsp3) is 0.182. The van der Waals surface area contributed by atoms with Crippen LogP contribution in [0.1, 0.15) is 32.0 Å². The summed E-state index contributed by atoms with van der Waals surface area (Å²) in [7, 11) is 0. The van der Waals surface area contributed by atoms with Crippen molar-refractivity contribution in [2.75, 3.05) is 5.32 Å². The molecule has 0 aliphatic heterocycles. The van der Waals surface area contributed by atoms with E-state index in [2.05, 4.69) is 42.2 Å². The summed E-state index contributed by atoms with van der Waals surface area (Å²) in [5.74, 6) is -0.280. The number of aryl methyl sites for hydroxylation is 1. The first-order valence-electron chi connectivity index (χ1n) is 5.13. The van der Waals surface area contributed by atoms with Crippen LogP contribution in [0.25, 0.3) is 0 Å². The maximum absolute atomic E-state index is 12.0. The van der Waals surface area contributed by atoms with Crippen molar-refractivity contribution < 1.29 is 9.59 Å². The maximum atomic E-state index is 12.0. The van der Waals surface area contributed by atoms with Crippen molar-refractivity contribution in [2.45, 2.75) is 13.8 Å². The third-order valence-corrected chi connectivity index (χ3v) is 6.63. The zero-order valence-corrected chi connectivity index (χ0v) is 14.7. The summed E-state index contributed by atoms with van der Waals surface area (Å²) in [6.45, 7) is 3.24. The number of Topliss-reactive ketones (excluding diaryl/α,β-unsaturated/α-hetero) is 1. The number of hydrogen-bond acceptors (Lipinski definition) is 5. The predicted molar refractivity (Wildman–Crippen MR) is 84.5 cm³/mol. The molecule has 1 N–H and O–H groups in total. The van der Waals surface area contributed by atoms with Crippen LogP contribution in [0.5, 0.6) is 0 Å². The standard InChI is InChI=1S/C11H8Br2N2O2S2/c1-4-8(5(2)16)19-11(14-4)15-10(17)7-3-6(12)9(13)18-7/h3H,1-2H3,(H,14,15,17). The Balaban J connectivity index is 2.19. The topological polar surface area (TPSA) is 59.1 Å². The molecule has 0 bridgehead atoms. The van der Waals surface area contributed by atoms with Crippen LogP contribution in [-0.4, -0.2) is 16.7 Å². The lowest BCUT2D eigenvalue weighted by atomic mass is 10.3. The van der Waals surface area contributed by atoms with E-state index in [9.17, 15) is 9.59 Å². The Morgan fingerprint density at radius 1 is 1.32 bits per heavy atom. The van der Waals surface area contributed by atoms with Crippen LogP contribution < -0.4 is 5.32 Å². The minimum atomic E-state index is -0.236. The summed E-state index contributed by atoms with van der Waals surface area (Å²) in [6, 6.07) is 1.73. The fourth-order valence-corrected chi connectivity index (χ4v) is 4.18. The second kappa shape index (κ2) is 5.82. The lowest BCUT2D eigenvalue weighted by molar-refractivity contribution is 0.101. The van der Waals surface area contributed by atoms with Gasteiger partial charge in [-0.05, 0) is 44.8 Å². The molecule has 8 heteroatoms. The molecular formula is C11H8Br2N2O2S2. The molecule has 0 radical (unpaired) electrons. The van der Waals surface area contributed by atoms with Gasteiger partial charge in [-0.3, -0.25) is 14.9 Å². The van der Waals surface area contributed by atoms with Crippen molar-refractivity contribution in [1.29, 1.82) is 0 Å². The van der Waals surface area contributed by atoms with E-state index in [4.69, 9.17) is 0 Å². The molecule has 0 unspecified atom stereocenters. The van der Waals surface area contributed by atoms with Crippen molar-refractivity contribution in [3.8, 4) is 0 Å². The van der Waals surface area contributed by atoms with Gasteiger partial charge in [0.15, 0.2) is 10.9 Å². The molecule has 19 heavy (non-hydrogen) atoms. The van der Waals surface area contributed by atoms with E-state index < -0.39 is 0 Å². The number of carbonyl (C=O) groups excluding carboxylic acids is 2. The Bertz CT molecular complexity index is 644. The van der Waals surface area contributed by atoms with Gasteiger partial charge >= 0.3 is 0 Å². The quantitative estimate of drug-likeness (QED) is 0.739. The number of halogens is 2. The number of amides is 1. The van der Waals surface area contributed by atoms with E-state index in [1.165, 1.54) is 29.6 Å². The molecule has 2 rings (SSSR count). The molecule has 0 saturated heterocycles. The van der Waals surface area contributed by atoms with Crippen LogP contribution in [0, 0.1) is 6.92 Å². The molecule has 2 aromatic rings. The van der Waals surface area contributed by atoms with Crippen molar-refractivity contribution in [3.63, 3.8) is 0 Å². The smallest absolute Gasteiger partial charge is 0.267 e. The van der Waals surface area contributed by atoms with Gasteiger partial charge in [-0.15, -0.1) is 11.3 Å². The Kier molecular flexibility index (Phi) is 4.54. The molecular weight excluding hydrogens is 416 g/mol. The van der Waals surface area contributed by atoms with Crippen LogP contribution in [-0.2, 0) is 0 Å². The Labute approximate surface area is 134 Å². The molecule has 4 nitrogen and oxygen atoms in total. The molecule has 1 amide bonds. The van der Waals surface area contributed by atoms with E-state index in [0.717, 1.165) is 8.26 Å². The molecule has 0 aliphatic rings. The average molecular weight is 424 g/mol. The molecule has 0 aromatic carbocycles. The number of aromatic nitrogens is 1. The van der Waals surface area contributed by atoms with E-state index in [1.807, 2.05) is 0 Å². The van der Waals surface area contributed by atoms with E-state index >= 15 is 0 Å². The zero-order valence-electron chi connectivity index (χ0n) is 9.91. The lowest BCUT2D eigenvalue weighted by Crippen LogP contribution is -2.09. The second-order valence-corrected chi connectivity index (χ2v) is 7.90. The summed E-state index contributed by atoms with van der Waals surface area (Å²) in [6.07, 6.45) is 0. The Morgan fingerprint density at radius 3 is 2.47 bits per heavy atom.